The summed E-state index contributed by atoms with van der Waals surface area (Å²) in [6, 6.07) is 0. The number of ether oxygens (including phenoxy) is 1. The fourth-order valence-electron chi connectivity index (χ4n) is 6.59. The van der Waals surface area contributed by atoms with Gasteiger partial charge in [-0.05, 0) is 56.3 Å². The van der Waals surface area contributed by atoms with Crippen LogP contribution in [0.15, 0.2) is 12.7 Å². The van der Waals surface area contributed by atoms with Gasteiger partial charge in [-0.1, -0.05) is 19.9 Å². The van der Waals surface area contributed by atoms with Crippen molar-refractivity contribution in [1.82, 2.24) is 0 Å². The number of aliphatic hydroxyl groups excluding tert-OH is 2. The highest BCUT2D eigenvalue weighted by Gasteiger charge is 2.66. The summed E-state index contributed by atoms with van der Waals surface area (Å²) in [5, 5.41) is 20.5. The lowest BCUT2D eigenvalue weighted by atomic mass is 9.43. The minimum atomic E-state index is -0.612. The lowest BCUT2D eigenvalue weighted by molar-refractivity contribution is -0.251. The van der Waals surface area contributed by atoms with Crippen molar-refractivity contribution < 1.29 is 19.7 Å². The Morgan fingerprint density at radius 3 is 2.54 bits per heavy atom. The lowest BCUT2D eigenvalue weighted by Crippen LogP contribution is -2.67. The number of rotatable bonds is 2. The van der Waals surface area contributed by atoms with Gasteiger partial charge in [-0.2, -0.15) is 0 Å². The first-order chi connectivity index (χ1) is 11.0. The third kappa shape index (κ3) is 2.41. The van der Waals surface area contributed by atoms with Crippen molar-refractivity contribution in [3.05, 3.63) is 12.7 Å². The minimum absolute atomic E-state index is 0.0488. The normalized spacial score (nSPS) is 54.8. The van der Waals surface area contributed by atoms with E-state index in [-0.39, 0.29) is 35.1 Å². The molecule has 2 N–H and O–H groups in total. The van der Waals surface area contributed by atoms with E-state index in [0.29, 0.717) is 19.3 Å². The van der Waals surface area contributed by atoms with Crippen molar-refractivity contribution in [3.63, 3.8) is 0 Å². The van der Waals surface area contributed by atoms with Crippen molar-refractivity contribution in [1.29, 1.82) is 0 Å². The molecule has 3 rings (SSSR count). The number of Topliss-reactive ketones (excluding diaryl/α,β-unsaturated/α-hetero) is 1. The van der Waals surface area contributed by atoms with E-state index < -0.39 is 17.3 Å². The highest BCUT2D eigenvalue weighted by Crippen LogP contribution is 2.64. The lowest BCUT2D eigenvalue weighted by Gasteiger charge is -2.65. The second-order valence-corrected chi connectivity index (χ2v) is 9.48. The van der Waals surface area contributed by atoms with Crippen molar-refractivity contribution in [3.8, 4) is 0 Å². The van der Waals surface area contributed by atoms with E-state index >= 15 is 0 Å². The molecule has 0 amide bonds. The first kappa shape index (κ1) is 18.1. The van der Waals surface area contributed by atoms with Gasteiger partial charge in [0.25, 0.3) is 0 Å². The summed E-state index contributed by atoms with van der Waals surface area (Å²) in [5.74, 6) is 0.197. The molecule has 0 spiro atoms. The second kappa shape index (κ2) is 5.39. The Morgan fingerprint density at radius 1 is 1.29 bits per heavy atom. The largest absolute Gasteiger partial charge is 0.396 e. The van der Waals surface area contributed by atoms with Gasteiger partial charge in [-0.15, -0.1) is 6.58 Å². The van der Waals surface area contributed by atoms with Crippen molar-refractivity contribution >= 4 is 5.78 Å². The highest BCUT2D eigenvalue weighted by atomic mass is 16.5. The summed E-state index contributed by atoms with van der Waals surface area (Å²) in [6.07, 6.45) is 4.53. The fourth-order valence-corrected chi connectivity index (χ4v) is 6.59. The van der Waals surface area contributed by atoms with E-state index in [1.54, 1.807) is 6.08 Å². The summed E-state index contributed by atoms with van der Waals surface area (Å²) in [5.41, 5.74) is -1.83. The van der Waals surface area contributed by atoms with Crippen LogP contribution in [0.4, 0.5) is 0 Å². The van der Waals surface area contributed by atoms with Crippen LogP contribution >= 0.6 is 0 Å². The Bertz CT molecular complexity index is 560. The van der Waals surface area contributed by atoms with Crippen LogP contribution in [0.1, 0.15) is 59.8 Å². The van der Waals surface area contributed by atoms with Crippen molar-refractivity contribution in [2.45, 2.75) is 77.1 Å². The molecule has 0 unspecified atom stereocenters. The molecule has 0 aromatic rings. The van der Waals surface area contributed by atoms with Gasteiger partial charge in [0.15, 0.2) is 0 Å². The maximum atomic E-state index is 13.2. The molecule has 136 valence electrons. The Labute approximate surface area is 145 Å². The molecule has 0 radical (unpaired) electrons. The van der Waals surface area contributed by atoms with Gasteiger partial charge in [0.05, 0.1) is 23.2 Å². The van der Waals surface area contributed by atoms with Crippen LogP contribution in [-0.2, 0) is 9.53 Å². The number of carbonyl (C=O) groups is 1. The average Bonchev–Trinajstić information content (AvgIpc) is 2.44. The van der Waals surface area contributed by atoms with Crippen LogP contribution in [0.3, 0.4) is 0 Å². The summed E-state index contributed by atoms with van der Waals surface area (Å²) < 4.78 is 6.45. The molecule has 1 heterocycles. The number of hydrogen-bond acceptors (Lipinski definition) is 4. The Kier molecular flexibility index (Phi) is 4.06. The van der Waals surface area contributed by atoms with E-state index in [1.165, 1.54) is 0 Å². The van der Waals surface area contributed by atoms with Gasteiger partial charge < -0.3 is 14.9 Å². The van der Waals surface area contributed by atoms with Gasteiger partial charge >= 0.3 is 0 Å². The average molecular weight is 336 g/mol. The van der Waals surface area contributed by atoms with Crippen LogP contribution in [0, 0.1) is 22.7 Å². The zero-order valence-corrected chi connectivity index (χ0v) is 15.5. The van der Waals surface area contributed by atoms with E-state index in [4.69, 9.17) is 4.74 Å². The van der Waals surface area contributed by atoms with Gasteiger partial charge in [0, 0.05) is 13.0 Å². The molecule has 2 aliphatic carbocycles. The first-order valence-corrected chi connectivity index (χ1v) is 9.17. The topological polar surface area (TPSA) is 66.8 Å². The molecule has 0 bridgehead atoms. The Balaban J connectivity index is 2.05. The molecule has 4 nitrogen and oxygen atoms in total. The molecule has 24 heavy (non-hydrogen) atoms. The summed E-state index contributed by atoms with van der Waals surface area (Å²) in [6.45, 7) is 12.1. The van der Waals surface area contributed by atoms with Gasteiger partial charge in [-0.3, -0.25) is 4.79 Å². The van der Waals surface area contributed by atoms with E-state index in [0.717, 1.165) is 12.8 Å². The van der Waals surface area contributed by atoms with Crippen molar-refractivity contribution in [2.75, 3.05) is 6.61 Å². The smallest absolute Gasteiger partial charge is 0.142 e. The summed E-state index contributed by atoms with van der Waals surface area (Å²) in [7, 11) is 0. The van der Waals surface area contributed by atoms with Crippen LogP contribution in [0.2, 0.25) is 0 Å². The predicted molar refractivity (Wildman–Crippen MR) is 92.5 cm³/mol. The summed E-state index contributed by atoms with van der Waals surface area (Å²) in [4.78, 5) is 13.2. The molecule has 3 aliphatic rings. The molecule has 0 aromatic heterocycles. The van der Waals surface area contributed by atoms with E-state index in [1.807, 2.05) is 6.92 Å². The minimum Gasteiger partial charge on any atom is -0.396 e. The van der Waals surface area contributed by atoms with Gasteiger partial charge in [0.1, 0.15) is 5.78 Å². The van der Waals surface area contributed by atoms with E-state index in [2.05, 4.69) is 27.4 Å². The molecule has 3 fully saturated rings. The second-order valence-electron chi connectivity index (χ2n) is 9.48. The number of aliphatic hydroxyl groups is 2. The number of ketones is 1. The van der Waals surface area contributed by atoms with Crippen LogP contribution < -0.4 is 0 Å². The molecule has 1 saturated heterocycles. The number of fused-ring (bicyclic) bond motifs is 3. The van der Waals surface area contributed by atoms with Crippen LogP contribution in [0.5, 0.6) is 0 Å². The SMILES string of the molecule is C=C[C@@]1(C)CC(=O)[C@@H]2[C@@]3(C)C[C@H](O)C[C@@](C)(CO)[C@@H]3CC[C@@]2(C)O1. The maximum absolute atomic E-state index is 13.2. The zero-order valence-electron chi connectivity index (χ0n) is 15.5. The molecular weight excluding hydrogens is 304 g/mol. The predicted octanol–water partition coefficient (Wildman–Crippen LogP) is 2.87. The quantitative estimate of drug-likeness (QED) is 0.761. The molecule has 0 aromatic carbocycles. The van der Waals surface area contributed by atoms with Crippen LogP contribution in [-0.4, -0.2) is 39.9 Å². The molecular formula is C20H32O4. The maximum Gasteiger partial charge on any atom is 0.142 e. The molecule has 1 aliphatic heterocycles. The van der Waals surface area contributed by atoms with Crippen molar-refractivity contribution in [2.24, 2.45) is 22.7 Å². The number of carbonyl (C=O) groups excluding carboxylic acids is 1. The number of hydrogen-bond donors (Lipinski definition) is 2. The Morgan fingerprint density at radius 2 is 1.96 bits per heavy atom. The third-order valence-electron chi connectivity index (χ3n) is 7.32. The molecule has 2 saturated carbocycles. The molecule has 7 atom stereocenters. The van der Waals surface area contributed by atoms with Crippen LogP contribution in [0.25, 0.3) is 0 Å². The third-order valence-corrected chi connectivity index (χ3v) is 7.32. The van der Waals surface area contributed by atoms with E-state index in [9.17, 15) is 15.0 Å². The molecule has 4 heteroatoms. The summed E-state index contributed by atoms with van der Waals surface area (Å²) >= 11 is 0. The highest BCUT2D eigenvalue weighted by molar-refractivity contribution is 5.85. The monoisotopic (exact) mass is 336 g/mol. The first-order valence-electron chi connectivity index (χ1n) is 9.17. The fraction of sp³-hybridized carbons (Fsp3) is 0.850. The standard InChI is InChI=1S/C20H32O4/c1-6-18(3)11-14(23)16-19(4)10-13(22)9-17(2,12-21)15(19)7-8-20(16,5)24-18/h6,13,15-16,21-22H,1,7-12H2,2-5H3/t13-,15+,16-,17+,18+,19+,20-/m1/s1. The zero-order chi connectivity index (χ0) is 18.0. The van der Waals surface area contributed by atoms with Gasteiger partial charge in [0.2, 0.25) is 0 Å². The van der Waals surface area contributed by atoms with Gasteiger partial charge in [-0.25, -0.2) is 0 Å². The Hall–Kier alpha value is -0.710.